The lowest BCUT2D eigenvalue weighted by Gasteiger charge is -2.17. The van der Waals surface area contributed by atoms with Crippen molar-refractivity contribution in [3.05, 3.63) is 41.5 Å². The van der Waals surface area contributed by atoms with Crippen molar-refractivity contribution in [2.45, 2.75) is 24.9 Å². The van der Waals surface area contributed by atoms with Crippen molar-refractivity contribution < 1.29 is 14.4 Å². The Morgan fingerprint density at radius 3 is 3.05 bits per heavy atom. The van der Waals surface area contributed by atoms with Crippen LogP contribution in [0.1, 0.15) is 30.1 Å². The highest BCUT2D eigenvalue weighted by Crippen LogP contribution is 2.36. The van der Waals surface area contributed by atoms with Gasteiger partial charge < -0.3 is 20.1 Å². The van der Waals surface area contributed by atoms with Gasteiger partial charge in [-0.3, -0.25) is 0 Å². The monoisotopic (exact) mass is 275 g/mol. The van der Waals surface area contributed by atoms with E-state index < -0.39 is 5.60 Å². The summed E-state index contributed by atoms with van der Waals surface area (Å²) in [7, 11) is 0. The number of nitrogens with zero attached hydrogens (tertiary/aromatic N) is 2. The molecule has 2 unspecified atom stereocenters. The molecule has 0 radical (unpaired) electrons. The second-order valence-electron chi connectivity index (χ2n) is 5.33. The maximum Gasteiger partial charge on any atom is 0.229 e. The normalized spacial score (nSPS) is 20.2. The summed E-state index contributed by atoms with van der Waals surface area (Å²) in [6, 6.07) is 7.82. The first-order valence-corrected chi connectivity index (χ1v) is 6.56. The van der Waals surface area contributed by atoms with Crippen molar-refractivity contribution in [3.8, 4) is 5.75 Å². The third kappa shape index (κ3) is 2.39. The molecule has 0 bridgehead atoms. The van der Waals surface area contributed by atoms with Gasteiger partial charge in [-0.05, 0) is 13.0 Å². The molecule has 2 heterocycles. The number of aliphatic hydroxyl groups is 1. The van der Waals surface area contributed by atoms with Crippen LogP contribution in [-0.2, 0) is 6.42 Å². The molecule has 1 aromatic carbocycles. The zero-order valence-electron chi connectivity index (χ0n) is 11.2. The van der Waals surface area contributed by atoms with Crippen molar-refractivity contribution >= 4 is 0 Å². The van der Waals surface area contributed by atoms with E-state index in [2.05, 4.69) is 10.1 Å². The lowest BCUT2D eigenvalue weighted by molar-refractivity contribution is 0.0610. The van der Waals surface area contributed by atoms with Crippen molar-refractivity contribution in [1.29, 1.82) is 0 Å². The van der Waals surface area contributed by atoms with Gasteiger partial charge in [0.25, 0.3) is 0 Å². The average molecular weight is 275 g/mol. The van der Waals surface area contributed by atoms with Gasteiger partial charge in [-0.2, -0.15) is 4.98 Å². The van der Waals surface area contributed by atoms with E-state index in [1.807, 2.05) is 24.3 Å². The lowest BCUT2D eigenvalue weighted by Crippen LogP contribution is -2.36. The van der Waals surface area contributed by atoms with Crippen LogP contribution in [0.25, 0.3) is 0 Å². The third-order valence-electron chi connectivity index (χ3n) is 3.47. The molecule has 0 spiro atoms. The van der Waals surface area contributed by atoms with Gasteiger partial charge in [0.05, 0.1) is 17.9 Å². The Morgan fingerprint density at radius 1 is 1.45 bits per heavy atom. The van der Waals surface area contributed by atoms with E-state index in [4.69, 9.17) is 15.0 Å². The number of aromatic nitrogens is 2. The van der Waals surface area contributed by atoms with Crippen LogP contribution < -0.4 is 10.5 Å². The smallest absolute Gasteiger partial charge is 0.229 e. The maximum atomic E-state index is 9.93. The van der Waals surface area contributed by atoms with Gasteiger partial charge in [0.15, 0.2) is 5.82 Å². The first-order chi connectivity index (χ1) is 9.59. The molecule has 0 aliphatic carbocycles. The first-order valence-electron chi connectivity index (χ1n) is 6.56. The molecule has 3 rings (SSSR count). The van der Waals surface area contributed by atoms with Crippen LogP contribution in [0, 0.1) is 0 Å². The van der Waals surface area contributed by atoms with Gasteiger partial charge in [-0.1, -0.05) is 23.4 Å². The summed E-state index contributed by atoms with van der Waals surface area (Å²) < 4.78 is 10.8. The van der Waals surface area contributed by atoms with Crippen LogP contribution in [-0.4, -0.2) is 34.0 Å². The van der Waals surface area contributed by atoms with E-state index in [0.29, 0.717) is 18.3 Å². The predicted molar refractivity (Wildman–Crippen MR) is 71.5 cm³/mol. The minimum Gasteiger partial charge on any atom is -0.492 e. The molecule has 6 nitrogen and oxygen atoms in total. The molecule has 1 aliphatic rings. The molecule has 0 fully saturated rings. The maximum absolute atomic E-state index is 9.93. The molecule has 2 aromatic rings. The highest BCUT2D eigenvalue weighted by molar-refractivity contribution is 5.42. The zero-order chi connectivity index (χ0) is 14.2. The molecule has 0 saturated carbocycles. The number of hydrogen-bond donors (Lipinski definition) is 2. The molecule has 2 atom stereocenters. The molecule has 1 aliphatic heterocycles. The van der Waals surface area contributed by atoms with Crippen LogP contribution in [0.4, 0.5) is 0 Å². The van der Waals surface area contributed by atoms with Crippen molar-refractivity contribution in [3.63, 3.8) is 0 Å². The van der Waals surface area contributed by atoms with Gasteiger partial charge in [-0.25, -0.2) is 0 Å². The number of fused-ring (bicyclic) bond motifs is 1. The minimum atomic E-state index is -1.03. The Hall–Kier alpha value is -1.92. The number of benzene rings is 1. The second kappa shape index (κ2) is 4.88. The van der Waals surface area contributed by atoms with E-state index >= 15 is 0 Å². The molecule has 1 aromatic heterocycles. The summed E-state index contributed by atoms with van der Waals surface area (Å²) >= 11 is 0. The van der Waals surface area contributed by atoms with Crippen LogP contribution >= 0.6 is 0 Å². The summed E-state index contributed by atoms with van der Waals surface area (Å²) in [6.07, 6.45) is 0.242. The Morgan fingerprint density at radius 2 is 2.25 bits per heavy atom. The van der Waals surface area contributed by atoms with Crippen molar-refractivity contribution in [2.75, 3.05) is 13.2 Å². The van der Waals surface area contributed by atoms with E-state index in [9.17, 15) is 5.11 Å². The molecule has 106 valence electrons. The summed E-state index contributed by atoms with van der Waals surface area (Å²) in [5, 5.41) is 13.9. The molecule has 0 saturated heterocycles. The first kappa shape index (κ1) is 13.1. The quantitative estimate of drug-likeness (QED) is 0.859. The van der Waals surface area contributed by atoms with E-state index in [0.717, 1.165) is 11.3 Å². The summed E-state index contributed by atoms with van der Waals surface area (Å²) in [5.41, 5.74) is 5.51. The highest BCUT2D eigenvalue weighted by atomic mass is 16.5. The fourth-order valence-corrected chi connectivity index (χ4v) is 2.26. The SMILES string of the molecule is CC(O)(CN)Cc1nc(C2COc3ccccc32)no1. The molecular weight excluding hydrogens is 258 g/mol. The molecule has 20 heavy (non-hydrogen) atoms. The van der Waals surface area contributed by atoms with E-state index in [1.54, 1.807) is 6.92 Å². The van der Waals surface area contributed by atoms with Gasteiger partial charge in [0, 0.05) is 12.1 Å². The summed E-state index contributed by atoms with van der Waals surface area (Å²) in [5.74, 6) is 1.81. The van der Waals surface area contributed by atoms with Gasteiger partial charge >= 0.3 is 0 Å². The number of nitrogens with two attached hydrogens (primary N) is 1. The minimum absolute atomic E-state index is 0.0217. The average Bonchev–Trinajstić information content (AvgIpc) is 3.04. The van der Waals surface area contributed by atoms with Crippen molar-refractivity contribution in [1.82, 2.24) is 10.1 Å². The lowest BCUT2D eigenvalue weighted by atomic mass is 10.0. The fraction of sp³-hybridized carbons (Fsp3) is 0.429. The Bertz CT molecular complexity index is 609. The number of ether oxygens (including phenoxy) is 1. The van der Waals surface area contributed by atoms with Crippen LogP contribution in [0.15, 0.2) is 28.8 Å². The van der Waals surface area contributed by atoms with Gasteiger partial charge in [0.2, 0.25) is 5.89 Å². The highest BCUT2D eigenvalue weighted by Gasteiger charge is 2.30. The fourth-order valence-electron chi connectivity index (χ4n) is 2.26. The van der Waals surface area contributed by atoms with Gasteiger partial charge in [0.1, 0.15) is 12.4 Å². The summed E-state index contributed by atoms with van der Waals surface area (Å²) in [6.45, 7) is 2.29. The predicted octanol–water partition coefficient (Wildman–Crippen LogP) is 0.846. The van der Waals surface area contributed by atoms with Crippen molar-refractivity contribution in [2.24, 2.45) is 5.73 Å². The van der Waals surface area contributed by atoms with E-state index in [-0.39, 0.29) is 18.9 Å². The largest absolute Gasteiger partial charge is 0.492 e. The van der Waals surface area contributed by atoms with Gasteiger partial charge in [-0.15, -0.1) is 0 Å². The third-order valence-corrected chi connectivity index (χ3v) is 3.47. The van der Waals surface area contributed by atoms with Crippen LogP contribution in [0.2, 0.25) is 0 Å². The zero-order valence-corrected chi connectivity index (χ0v) is 11.2. The Kier molecular flexibility index (Phi) is 3.19. The molecular formula is C14H17N3O3. The summed E-state index contributed by atoms with van der Waals surface area (Å²) in [4.78, 5) is 4.35. The number of hydrogen-bond acceptors (Lipinski definition) is 6. The molecule has 6 heteroatoms. The number of rotatable bonds is 4. The molecule has 0 amide bonds. The van der Waals surface area contributed by atoms with E-state index in [1.165, 1.54) is 0 Å². The molecule has 3 N–H and O–H groups in total. The number of para-hydroxylation sites is 1. The van der Waals surface area contributed by atoms with Crippen LogP contribution in [0.3, 0.4) is 0 Å². The second-order valence-corrected chi connectivity index (χ2v) is 5.33. The Balaban J connectivity index is 1.82. The Labute approximate surface area is 116 Å². The van der Waals surface area contributed by atoms with Crippen LogP contribution in [0.5, 0.6) is 5.75 Å². The standard InChI is InChI=1S/C14H17N3O3/c1-14(18,8-15)6-12-16-13(17-20-12)10-7-19-11-5-3-2-4-9(10)11/h2-5,10,18H,6-8,15H2,1H3. The topological polar surface area (TPSA) is 94.4 Å².